The number of aliphatic hydroxyl groups excluding tert-OH is 7. The Kier molecular flexibility index (Phi) is 26.3. The van der Waals surface area contributed by atoms with Crippen molar-refractivity contribution < 1.29 is 69.1 Å². The van der Waals surface area contributed by atoms with E-state index < -0.39 is 23.8 Å². The van der Waals surface area contributed by atoms with Gasteiger partial charge in [-0.3, -0.25) is 14.4 Å². The van der Waals surface area contributed by atoms with E-state index in [-0.39, 0.29) is 125 Å². The van der Waals surface area contributed by atoms with E-state index in [1.807, 2.05) is 0 Å². The average Bonchev–Trinajstić information content (AvgIpc) is 1.29. The molecule has 0 aromatic heterocycles. The standard InChI is InChI=1S/2C22H36O3.3C18H28O2.C4H10O2/c2*1-15-16(2)25-22(24-15)13-12-20(5)17(19(22,3)4)9-11-21(14-23)10-7-6-8-18(20)21;3*1-16(2)13-7-11-18(12-19)9-5-4-6-14(18)17(13,3)10-8-15(16)20;1-3(5)4(2)6/h2*8,15-17,23H,6-7,9-14H2,1-5H3;3*6,13,19H,4-5,7-12H2,1-3H3;3-6H,1-2H3/t15-,16-,17+,20+,21-;15-,16-,17-,20-,21+;13-,17?,18?;2*13-,17-,18+;3-,4+/m11010./s1. The minimum Gasteiger partial charge on any atom is -0.395 e. The maximum absolute atomic E-state index is 12.4. The zero-order valence-corrected chi connectivity index (χ0v) is 77.0. The average molecular weight is 1620 g/mol. The van der Waals surface area contributed by atoms with Crippen LogP contribution in [0.2, 0.25) is 0 Å². The maximum Gasteiger partial charge on any atom is 0.174 e. The minimum absolute atomic E-state index is 0.0277. The summed E-state index contributed by atoms with van der Waals surface area (Å²) in [6.07, 6.45) is 49.4. The van der Waals surface area contributed by atoms with Crippen LogP contribution >= 0.6 is 0 Å². The van der Waals surface area contributed by atoms with Gasteiger partial charge in [0.05, 0.1) is 69.7 Å². The molecule has 21 atom stereocenters. The van der Waals surface area contributed by atoms with Crippen molar-refractivity contribution in [3.05, 3.63) is 58.2 Å². The number of hydrogen-bond donors (Lipinski definition) is 7. The lowest BCUT2D eigenvalue weighted by Gasteiger charge is -2.64. The first-order valence-electron chi connectivity index (χ1n) is 47.4. The molecule has 0 aromatic carbocycles. The summed E-state index contributed by atoms with van der Waals surface area (Å²) in [5.41, 5.74) is 7.82. The highest BCUT2D eigenvalue weighted by atomic mass is 16.8. The first kappa shape index (κ1) is 92.5. The fourth-order valence-corrected chi connectivity index (χ4v) is 31.0. The van der Waals surface area contributed by atoms with Gasteiger partial charge < -0.3 is 54.7 Å². The molecule has 2 spiro atoms. The van der Waals surface area contributed by atoms with Crippen LogP contribution in [0.4, 0.5) is 0 Å². The predicted octanol–water partition coefficient (Wildman–Crippen LogP) is 21.1. The van der Waals surface area contributed by atoms with E-state index in [0.717, 1.165) is 148 Å². The number of Topliss-reactive ketones (excluding diaryl/α,β-unsaturated/α-hetero) is 3. The molecule has 0 amide bonds. The fourth-order valence-electron chi connectivity index (χ4n) is 31.0. The SMILES string of the molecule is CC1(C)C(=O)CCC2(C)C3=CCCCC3(CO)CC[C@@H]12.CC1(C)C(=O)CC[C@@]2(C)C3=CCCC[C@@]3(CO)CC[C@H]12.CC1(C)C(=O)CC[C@]2(C)C3=CCCC[C@]3(CO)CC[C@@H]12.C[C@H](O)[C@@H](C)O.C[C@H]1OC2(CC[C@@]3(C)C4=CCCC[C@@]4(CO)CC[C@@H]3C2(C)C)O[C@@H]1C.C[C@H]1OC2(CC[C@]3(C)C4=CCCC[C@]4(CO)CC[C@H]3C2(C)C)O[C@@H]1C. The van der Waals surface area contributed by atoms with Crippen LogP contribution in [0, 0.1) is 111 Å². The normalized spacial score (nSPS) is 44.2. The van der Waals surface area contributed by atoms with Gasteiger partial charge in [0.15, 0.2) is 11.6 Å². The number of aliphatic hydroxyl groups is 7. The first-order valence-corrected chi connectivity index (χ1v) is 47.4. The molecule has 14 heteroatoms. The van der Waals surface area contributed by atoms with Crippen LogP contribution in [0.15, 0.2) is 58.2 Å². The molecular weight excluding hydrogens is 1450 g/mol. The highest BCUT2D eigenvalue weighted by Gasteiger charge is 2.71. The van der Waals surface area contributed by atoms with Crippen molar-refractivity contribution in [3.8, 4) is 0 Å². The molecule has 0 bridgehead atoms. The van der Waals surface area contributed by atoms with Gasteiger partial charge >= 0.3 is 0 Å². The zero-order valence-electron chi connectivity index (χ0n) is 77.0. The van der Waals surface area contributed by atoms with Crippen molar-refractivity contribution in [2.45, 2.75) is 418 Å². The molecule has 2 unspecified atom stereocenters. The number of fused-ring (bicyclic) bond motifs is 15. The molecule has 15 aliphatic carbocycles. The first-order chi connectivity index (χ1) is 54.2. The Morgan fingerprint density at radius 3 is 0.698 bits per heavy atom. The van der Waals surface area contributed by atoms with Crippen molar-refractivity contribution in [2.75, 3.05) is 33.0 Å². The van der Waals surface area contributed by atoms with Gasteiger partial charge in [-0.25, -0.2) is 0 Å². The molecule has 12 fully saturated rings. The van der Waals surface area contributed by atoms with Crippen molar-refractivity contribution in [1.29, 1.82) is 0 Å². The molecule has 17 aliphatic rings. The summed E-state index contributed by atoms with van der Waals surface area (Å²) >= 11 is 0. The van der Waals surface area contributed by atoms with Gasteiger partial charge in [0.1, 0.15) is 17.3 Å². The molecule has 2 heterocycles. The number of allylic oxidation sites excluding steroid dienone is 5. The van der Waals surface area contributed by atoms with E-state index in [0.29, 0.717) is 79.4 Å². The molecular formula is C102H166O14. The number of ketones is 3. The molecule has 10 saturated carbocycles. The number of carbonyl (C=O) groups excluding carboxylic acids is 3. The quantitative estimate of drug-likeness (QED) is 0.123. The number of hydrogen-bond acceptors (Lipinski definition) is 14. The Labute approximate surface area is 703 Å². The summed E-state index contributed by atoms with van der Waals surface area (Å²) in [5.74, 6) is 2.84. The number of carbonyl (C=O) groups is 3. The van der Waals surface area contributed by atoms with E-state index >= 15 is 0 Å². The second-order valence-electron chi connectivity index (χ2n) is 45.9. The molecule has 17 rings (SSSR count). The number of ether oxygens (including phenoxy) is 4. The van der Waals surface area contributed by atoms with Gasteiger partial charge in [-0.2, -0.15) is 0 Å². The summed E-state index contributed by atoms with van der Waals surface area (Å²) in [5, 5.41) is 67.5. The van der Waals surface area contributed by atoms with Gasteiger partial charge in [0.2, 0.25) is 0 Å². The van der Waals surface area contributed by atoms with Gasteiger partial charge in [-0.05, 0) is 291 Å². The van der Waals surface area contributed by atoms with Crippen LogP contribution in [0.5, 0.6) is 0 Å². The van der Waals surface area contributed by atoms with Crippen molar-refractivity contribution in [1.82, 2.24) is 0 Å². The van der Waals surface area contributed by atoms with Gasteiger partial charge in [-0.15, -0.1) is 0 Å². The second kappa shape index (κ2) is 33.0. The second-order valence-corrected chi connectivity index (χ2v) is 45.9. The van der Waals surface area contributed by atoms with Crippen molar-refractivity contribution >= 4 is 17.3 Å². The monoisotopic (exact) mass is 1620 g/mol. The predicted molar refractivity (Wildman–Crippen MR) is 463 cm³/mol. The van der Waals surface area contributed by atoms with Crippen LogP contribution in [-0.4, -0.2) is 134 Å². The van der Waals surface area contributed by atoms with E-state index in [9.17, 15) is 39.9 Å². The minimum atomic E-state index is -0.593. The zero-order chi connectivity index (χ0) is 85.1. The lowest BCUT2D eigenvalue weighted by atomic mass is 9.43. The van der Waals surface area contributed by atoms with E-state index in [4.69, 9.17) is 29.2 Å². The van der Waals surface area contributed by atoms with E-state index in [2.05, 4.69) is 162 Å². The smallest absolute Gasteiger partial charge is 0.174 e. The highest BCUT2D eigenvalue weighted by molar-refractivity contribution is 5.87. The molecule has 0 aromatic rings. The third-order valence-corrected chi connectivity index (χ3v) is 38.5. The third kappa shape index (κ3) is 14.8. The van der Waals surface area contributed by atoms with E-state index in [1.54, 1.807) is 25.0 Å². The summed E-state index contributed by atoms with van der Waals surface area (Å²) in [6.45, 7) is 47.5. The fraction of sp³-hybridized carbons (Fsp3) is 0.873. The molecule has 0 radical (unpaired) electrons. The lowest BCUT2D eigenvalue weighted by Crippen LogP contribution is -2.62. The van der Waals surface area contributed by atoms with Crippen LogP contribution in [0.1, 0.15) is 370 Å². The van der Waals surface area contributed by atoms with Crippen LogP contribution in [0.25, 0.3) is 0 Å². The molecule has 658 valence electrons. The Morgan fingerprint density at radius 2 is 0.500 bits per heavy atom. The van der Waals surface area contributed by atoms with Crippen LogP contribution in [-0.2, 0) is 33.3 Å². The van der Waals surface area contributed by atoms with Crippen LogP contribution < -0.4 is 0 Å². The van der Waals surface area contributed by atoms with Gasteiger partial charge in [0.25, 0.3) is 0 Å². The Morgan fingerprint density at radius 1 is 0.302 bits per heavy atom. The topological polar surface area (TPSA) is 230 Å². The lowest BCUT2D eigenvalue weighted by molar-refractivity contribution is -0.295. The molecule has 14 nitrogen and oxygen atoms in total. The summed E-state index contributed by atoms with van der Waals surface area (Å²) in [7, 11) is 0. The third-order valence-electron chi connectivity index (χ3n) is 38.5. The number of rotatable bonds is 6. The van der Waals surface area contributed by atoms with E-state index in [1.165, 1.54) is 74.5 Å². The Bertz CT molecular complexity index is 3400. The highest BCUT2D eigenvalue weighted by Crippen LogP contribution is 2.74. The summed E-state index contributed by atoms with van der Waals surface area (Å²) in [6, 6.07) is 0. The largest absolute Gasteiger partial charge is 0.395 e. The van der Waals surface area contributed by atoms with Crippen LogP contribution in [0.3, 0.4) is 0 Å². The molecule has 2 saturated heterocycles. The summed E-state index contributed by atoms with van der Waals surface area (Å²) < 4.78 is 26.0. The maximum atomic E-state index is 12.4. The molecule has 2 aliphatic heterocycles. The van der Waals surface area contributed by atoms with Gasteiger partial charge in [0, 0.05) is 86.3 Å². The Balaban J connectivity index is 0.000000132. The Hall–Kier alpha value is -2.73. The molecule has 116 heavy (non-hydrogen) atoms. The molecule has 7 N–H and O–H groups in total. The van der Waals surface area contributed by atoms with Gasteiger partial charge in [-0.1, -0.05) is 162 Å². The van der Waals surface area contributed by atoms with Crippen molar-refractivity contribution in [3.63, 3.8) is 0 Å². The van der Waals surface area contributed by atoms with Crippen molar-refractivity contribution in [2.24, 2.45) is 111 Å². The summed E-state index contributed by atoms with van der Waals surface area (Å²) in [4.78, 5) is 37.1.